The molecule has 2 unspecified atom stereocenters. The first-order chi connectivity index (χ1) is 5.52. The van der Waals surface area contributed by atoms with E-state index in [9.17, 15) is 0 Å². The van der Waals surface area contributed by atoms with E-state index < -0.39 is 0 Å². The lowest BCUT2D eigenvalue weighted by atomic mass is 9.75. The molecule has 1 rings (SSSR count). The second-order valence-corrected chi connectivity index (χ2v) is 4.39. The van der Waals surface area contributed by atoms with Crippen LogP contribution in [-0.4, -0.2) is 0 Å². The second-order valence-electron chi connectivity index (χ2n) is 4.39. The van der Waals surface area contributed by atoms with E-state index in [4.69, 9.17) is 0 Å². The zero-order chi connectivity index (χ0) is 9.30. The van der Waals surface area contributed by atoms with Crippen molar-refractivity contribution in [2.24, 2.45) is 11.8 Å². The highest BCUT2D eigenvalue weighted by molar-refractivity contribution is 5.22. The summed E-state index contributed by atoms with van der Waals surface area (Å²) >= 11 is 0. The summed E-state index contributed by atoms with van der Waals surface area (Å²) in [7, 11) is 0. The molecule has 0 nitrogen and oxygen atoms in total. The van der Waals surface area contributed by atoms with Crippen molar-refractivity contribution in [3.05, 3.63) is 23.3 Å². The van der Waals surface area contributed by atoms with E-state index in [2.05, 4.69) is 34.3 Å². The average molecular weight is 164 g/mol. The van der Waals surface area contributed by atoms with Gasteiger partial charge in [0.2, 0.25) is 0 Å². The predicted molar refractivity (Wildman–Crippen MR) is 55.1 cm³/mol. The van der Waals surface area contributed by atoms with E-state index in [0.717, 1.165) is 0 Å². The number of allylic oxidation sites excluding steroid dienone is 3. The molecule has 0 aliphatic heterocycles. The highest BCUT2D eigenvalue weighted by atomic mass is 14.3. The summed E-state index contributed by atoms with van der Waals surface area (Å²) < 4.78 is 0. The Hall–Kier alpha value is -0.520. The fourth-order valence-corrected chi connectivity index (χ4v) is 1.98. The maximum atomic E-state index is 4.15. The third-order valence-electron chi connectivity index (χ3n) is 3.08. The van der Waals surface area contributed by atoms with Crippen molar-refractivity contribution in [1.82, 2.24) is 0 Å². The summed E-state index contributed by atoms with van der Waals surface area (Å²) in [6.45, 7) is 13.2. The van der Waals surface area contributed by atoms with Crippen LogP contribution in [0.25, 0.3) is 0 Å². The SMILES string of the molecule is C=C1C(C)CC(=C(C)C)CC1C. The number of hydrogen-bond donors (Lipinski definition) is 0. The second kappa shape index (κ2) is 3.47. The molecule has 1 aliphatic rings. The van der Waals surface area contributed by atoms with E-state index in [1.165, 1.54) is 24.0 Å². The maximum absolute atomic E-state index is 4.15. The summed E-state index contributed by atoms with van der Waals surface area (Å²) in [5, 5.41) is 0. The molecule has 0 aromatic rings. The van der Waals surface area contributed by atoms with Gasteiger partial charge in [0.1, 0.15) is 0 Å². The fourth-order valence-electron chi connectivity index (χ4n) is 1.98. The molecule has 68 valence electrons. The van der Waals surface area contributed by atoms with Crippen LogP contribution in [0, 0.1) is 11.8 Å². The first-order valence-corrected chi connectivity index (χ1v) is 4.86. The van der Waals surface area contributed by atoms with Crippen LogP contribution >= 0.6 is 0 Å². The van der Waals surface area contributed by atoms with E-state index in [1.54, 1.807) is 5.57 Å². The molecule has 0 aromatic carbocycles. The lowest BCUT2D eigenvalue weighted by Crippen LogP contribution is -2.16. The van der Waals surface area contributed by atoms with Gasteiger partial charge in [0.15, 0.2) is 0 Å². The molecule has 12 heavy (non-hydrogen) atoms. The van der Waals surface area contributed by atoms with Crippen LogP contribution in [0.5, 0.6) is 0 Å². The number of rotatable bonds is 0. The molecule has 0 heteroatoms. The van der Waals surface area contributed by atoms with Crippen molar-refractivity contribution >= 4 is 0 Å². The van der Waals surface area contributed by atoms with Gasteiger partial charge in [0, 0.05) is 0 Å². The zero-order valence-electron chi connectivity index (χ0n) is 8.78. The van der Waals surface area contributed by atoms with E-state index in [1.807, 2.05) is 0 Å². The molecule has 1 saturated carbocycles. The van der Waals surface area contributed by atoms with Gasteiger partial charge in [-0.05, 0) is 38.5 Å². The molecular weight excluding hydrogens is 144 g/mol. The Morgan fingerprint density at radius 2 is 1.58 bits per heavy atom. The van der Waals surface area contributed by atoms with Crippen LogP contribution in [-0.2, 0) is 0 Å². The van der Waals surface area contributed by atoms with Gasteiger partial charge in [0.25, 0.3) is 0 Å². The van der Waals surface area contributed by atoms with E-state index >= 15 is 0 Å². The normalized spacial score (nSPS) is 30.7. The lowest BCUT2D eigenvalue weighted by molar-refractivity contribution is 0.479. The molecule has 0 aromatic heterocycles. The first-order valence-electron chi connectivity index (χ1n) is 4.86. The van der Waals surface area contributed by atoms with Crippen molar-refractivity contribution in [2.45, 2.75) is 40.5 Å². The van der Waals surface area contributed by atoms with E-state index in [-0.39, 0.29) is 0 Å². The van der Waals surface area contributed by atoms with Crippen molar-refractivity contribution in [3.8, 4) is 0 Å². The number of hydrogen-bond acceptors (Lipinski definition) is 0. The Kier molecular flexibility index (Phi) is 2.76. The Balaban J connectivity index is 2.80. The molecule has 0 bridgehead atoms. The van der Waals surface area contributed by atoms with Gasteiger partial charge in [-0.2, -0.15) is 0 Å². The molecule has 0 amide bonds. The Morgan fingerprint density at radius 3 is 1.92 bits per heavy atom. The minimum atomic E-state index is 0.693. The van der Waals surface area contributed by atoms with Gasteiger partial charge in [-0.1, -0.05) is 37.1 Å². The summed E-state index contributed by atoms with van der Waals surface area (Å²) in [6, 6.07) is 0. The zero-order valence-corrected chi connectivity index (χ0v) is 8.78. The monoisotopic (exact) mass is 164 g/mol. The van der Waals surface area contributed by atoms with Crippen LogP contribution in [0.1, 0.15) is 40.5 Å². The molecule has 1 fully saturated rings. The minimum Gasteiger partial charge on any atom is -0.0993 e. The maximum Gasteiger partial charge on any atom is -0.0194 e. The molecule has 0 saturated heterocycles. The summed E-state index contributed by atoms with van der Waals surface area (Å²) in [5.41, 5.74) is 4.61. The van der Waals surface area contributed by atoms with Gasteiger partial charge >= 0.3 is 0 Å². The first kappa shape index (κ1) is 9.57. The summed E-state index contributed by atoms with van der Waals surface area (Å²) in [4.78, 5) is 0. The van der Waals surface area contributed by atoms with Crippen LogP contribution in [0.4, 0.5) is 0 Å². The van der Waals surface area contributed by atoms with Gasteiger partial charge in [0.05, 0.1) is 0 Å². The molecule has 2 atom stereocenters. The van der Waals surface area contributed by atoms with Gasteiger partial charge in [-0.15, -0.1) is 0 Å². The van der Waals surface area contributed by atoms with Crippen LogP contribution in [0.3, 0.4) is 0 Å². The van der Waals surface area contributed by atoms with Gasteiger partial charge in [-0.3, -0.25) is 0 Å². The molecular formula is C12H20. The molecule has 1 aliphatic carbocycles. The fraction of sp³-hybridized carbons (Fsp3) is 0.667. The molecule has 0 spiro atoms. The Labute approximate surface area is 76.4 Å². The summed E-state index contributed by atoms with van der Waals surface area (Å²) in [5.74, 6) is 1.39. The van der Waals surface area contributed by atoms with Gasteiger partial charge in [-0.25, -0.2) is 0 Å². The van der Waals surface area contributed by atoms with Crippen molar-refractivity contribution in [1.29, 1.82) is 0 Å². The molecule has 0 radical (unpaired) electrons. The standard InChI is InChI=1S/C12H20/c1-8(2)12-6-9(3)11(5)10(4)7-12/h9-10H,5-7H2,1-4H3. The third kappa shape index (κ3) is 1.80. The third-order valence-corrected chi connectivity index (χ3v) is 3.08. The van der Waals surface area contributed by atoms with Crippen LogP contribution < -0.4 is 0 Å². The summed E-state index contributed by atoms with van der Waals surface area (Å²) in [6.07, 6.45) is 2.48. The molecule has 0 heterocycles. The van der Waals surface area contributed by atoms with Crippen molar-refractivity contribution < 1.29 is 0 Å². The Bertz CT molecular complexity index is 200. The van der Waals surface area contributed by atoms with Crippen LogP contribution in [0.15, 0.2) is 23.3 Å². The highest BCUT2D eigenvalue weighted by Gasteiger charge is 2.22. The predicted octanol–water partition coefficient (Wildman–Crippen LogP) is 3.95. The smallest absolute Gasteiger partial charge is 0.0194 e. The quantitative estimate of drug-likeness (QED) is 0.476. The van der Waals surface area contributed by atoms with Gasteiger partial charge < -0.3 is 0 Å². The lowest BCUT2D eigenvalue weighted by Gasteiger charge is -2.30. The van der Waals surface area contributed by atoms with Crippen molar-refractivity contribution in [2.75, 3.05) is 0 Å². The Morgan fingerprint density at radius 1 is 1.17 bits per heavy atom. The molecule has 0 N–H and O–H groups in total. The van der Waals surface area contributed by atoms with E-state index in [0.29, 0.717) is 11.8 Å². The highest BCUT2D eigenvalue weighted by Crippen LogP contribution is 2.37. The minimum absolute atomic E-state index is 0.693. The van der Waals surface area contributed by atoms with Crippen molar-refractivity contribution in [3.63, 3.8) is 0 Å². The largest absolute Gasteiger partial charge is 0.0993 e. The topological polar surface area (TPSA) is 0 Å². The van der Waals surface area contributed by atoms with Crippen LogP contribution in [0.2, 0.25) is 0 Å². The average Bonchev–Trinajstić information content (AvgIpc) is 1.99.